The minimum Gasteiger partial charge on any atom is -0.492 e. The monoisotopic (exact) mass is 470 g/mol. The summed E-state index contributed by atoms with van der Waals surface area (Å²) >= 11 is 3.60. The van der Waals surface area contributed by atoms with E-state index >= 15 is 0 Å². The van der Waals surface area contributed by atoms with Crippen LogP contribution in [-0.2, 0) is 14.3 Å². The van der Waals surface area contributed by atoms with E-state index < -0.39 is 6.10 Å². The minimum atomic E-state index is -0.418. The molecule has 1 aliphatic carbocycles. The molecule has 1 saturated carbocycles. The van der Waals surface area contributed by atoms with Crippen molar-refractivity contribution in [2.24, 2.45) is 0 Å². The summed E-state index contributed by atoms with van der Waals surface area (Å²) in [5, 5.41) is 3.25. The highest BCUT2D eigenvalue weighted by Gasteiger charge is 2.40. The Kier molecular flexibility index (Phi) is 8.17. The topological polar surface area (TPSA) is 69.3 Å². The lowest BCUT2D eigenvalue weighted by Gasteiger charge is -2.34. The molecule has 1 aromatic rings. The zero-order chi connectivity index (χ0) is 20.8. The molecule has 2 fully saturated rings. The molecule has 0 bridgehead atoms. The van der Waals surface area contributed by atoms with Gasteiger partial charge in [-0.3, -0.25) is 4.79 Å². The van der Waals surface area contributed by atoms with Gasteiger partial charge in [-0.05, 0) is 53.4 Å². The number of carbonyl (C=O) groups excluding carboxylic acids is 1. The molecule has 7 nitrogen and oxygen atoms in total. The van der Waals surface area contributed by atoms with Crippen molar-refractivity contribution in [1.29, 1.82) is 0 Å². The summed E-state index contributed by atoms with van der Waals surface area (Å²) in [6.45, 7) is 5.15. The second-order valence-electron chi connectivity index (χ2n) is 7.45. The van der Waals surface area contributed by atoms with Crippen LogP contribution in [0.3, 0.4) is 0 Å². The molecule has 2 aliphatic rings. The van der Waals surface area contributed by atoms with Crippen molar-refractivity contribution in [3.05, 3.63) is 22.2 Å². The van der Waals surface area contributed by atoms with Gasteiger partial charge in [-0.2, -0.15) is 0 Å². The smallest absolute Gasteiger partial charge is 0.253 e. The van der Waals surface area contributed by atoms with Gasteiger partial charge >= 0.3 is 0 Å². The maximum atomic E-state index is 13.2. The molecular formula is C21H31BrN2O5. The Morgan fingerprint density at radius 3 is 2.76 bits per heavy atom. The molecule has 0 aromatic heterocycles. The Balaban J connectivity index is 1.80. The number of nitrogens with one attached hydrogen (secondary N) is 1. The third-order valence-corrected chi connectivity index (χ3v) is 5.87. The number of carbonyl (C=O) groups is 1. The number of hydrogen-bond donors (Lipinski definition) is 1. The summed E-state index contributed by atoms with van der Waals surface area (Å²) in [4.78, 5) is 15.2. The van der Waals surface area contributed by atoms with Gasteiger partial charge in [0.1, 0.15) is 6.10 Å². The second-order valence-corrected chi connectivity index (χ2v) is 8.30. The third kappa shape index (κ3) is 5.63. The first-order valence-electron chi connectivity index (χ1n) is 10.2. The van der Waals surface area contributed by atoms with Gasteiger partial charge < -0.3 is 29.2 Å². The number of halogens is 1. The standard InChI is InChI=1S/C21H31BrN2O5/c1-14(24(16-5-6-16)21(25)19-13-23-7-10-29-19)15-11-17(22)20(27-3)18(12-15)28-9-4-8-26-2/h11-12,14,16,19,23H,4-10,13H2,1-3H3/t14-,19?/m1/s1. The Morgan fingerprint density at radius 2 is 2.14 bits per heavy atom. The summed E-state index contributed by atoms with van der Waals surface area (Å²) in [5.41, 5.74) is 1.00. The van der Waals surface area contributed by atoms with Crippen LogP contribution in [0.4, 0.5) is 0 Å². The number of nitrogens with zero attached hydrogens (tertiary/aromatic N) is 1. The fourth-order valence-corrected chi connectivity index (χ4v) is 4.23. The molecule has 1 unspecified atom stereocenters. The summed E-state index contributed by atoms with van der Waals surface area (Å²) in [6.07, 6.45) is 2.44. The van der Waals surface area contributed by atoms with Crippen molar-refractivity contribution < 1.29 is 23.7 Å². The lowest BCUT2D eigenvalue weighted by Crippen LogP contribution is -2.50. The highest BCUT2D eigenvalue weighted by atomic mass is 79.9. The van der Waals surface area contributed by atoms with Crippen LogP contribution in [-0.4, -0.2) is 70.1 Å². The van der Waals surface area contributed by atoms with Crippen LogP contribution in [0.5, 0.6) is 11.5 Å². The molecule has 1 aromatic carbocycles. The predicted octanol–water partition coefficient (Wildman–Crippen LogP) is 2.91. The summed E-state index contributed by atoms with van der Waals surface area (Å²) in [7, 11) is 3.30. The first-order chi connectivity index (χ1) is 14.1. The van der Waals surface area contributed by atoms with Gasteiger partial charge in [0.2, 0.25) is 0 Å². The number of rotatable bonds is 10. The van der Waals surface area contributed by atoms with Crippen molar-refractivity contribution in [3.63, 3.8) is 0 Å². The zero-order valence-corrected chi connectivity index (χ0v) is 19.0. The molecule has 1 N–H and O–H groups in total. The largest absolute Gasteiger partial charge is 0.492 e. The molecule has 29 heavy (non-hydrogen) atoms. The van der Waals surface area contributed by atoms with E-state index in [9.17, 15) is 4.79 Å². The van der Waals surface area contributed by atoms with Crippen LogP contribution in [0.25, 0.3) is 0 Å². The van der Waals surface area contributed by atoms with Crippen LogP contribution < -0.4 is 14.8 Å². The number of morpholine rings is 1. The van der Waals surface area contributed by atoms with Gasteiger partial charge in [-0.25, -0.2) is 0 Å². The molecule has 0 radical (unpaired) electrons. The lowest BCUT2D eigenvalue weighted by molar-refractivity contribution is -0.148. The third-order valence-electron chi connectivity index (χ3n) is 5.28. The fourth-order valence-electron chi connectivity index (χ4n) is 3.61. The van der Waals surface area contributed by atoms with Crippen LogP contribution in [0.1, 0.15) is 37.8 Å². The molecule has 1 saturated heterocycles. The van der Waals surface area contributed by atoms with Crippen LogP contribution in [0.2, 0.25) is 0 Å². The Hall–Kier alpha value is -1.35. The normalized spacial score (nSPS) is 20.2. The van der Waals surface area contributed by atoms with Crippen molar-refractivity contribution in [3.8, 4) is 11.5 Å². The molecule has 1 amide bonds. The first kappa shape index (κ1) is 22.3. The van der Waals surface area contributed by atoms with Gasteiger partial charge in [-0.15, -0.1) is 0 Å². The van der Waals surface area contributed by atoms with Gasteiger partial charge in [0.05, 0.1) is 30.8 Å². The van der Waals surface area contributed by atoms with E-state index in [1.165, 1.54) is 0 Å². The number of ether oxygens (including phenoxy) is 4. The molecule has 0 spiro atoms. The Morgan fingerprint density at radius 1 is 1.34 bits per heavy atom. The van der Waals surface area contributed by atoms with E-state index in [0.717, 1.165) is 35.8 Å². The predicted molar refractivity (Wildman–Crippen MR) is 114 cm³/mol. The number of methoxy groups -OCH3 is 2. The fraction of sp³-hybridized carbons (Fsp3) is 0.667. The summed E-state index contributed by atoms with van der Waals surface area (Å²) in [5.74, 6) is 1.38. The summed E-state index contributed by atoms with van der Waals surface area (Å²) < 4.78 is 23.1. The Labute approximate surface area is 181 Å². The van der Waals surface area contributed by atoms with Crippen LogP contribution >= 0.6 is 15.9 Å². The van der Waals surface area contributed by atoms with Crippen molar-refractivity contribution in [2.75, 3.05) is 47.1 Å². The molecular weight excluding hydrogens is 440 g/mol. The molecule has 1 heterocycles. The van der Waals surface area contributed by atoms with Gasteiger partial charge in [-0.1, -0.05) is 0 Å². The van der Waals surface area contributed by atoms with E-state index in [0.29, 0.717) is 37.9 Å². The molecule has 8 heteroatoms. The minimum absolute atomic E-state index is 0.0571. The van der Waals surface area contributed by atoms with Crippen LogP contribution in [0.15, 0.2) is 16.6 Å². The lowest BCUT2D eigenvalue weighted by atomic mass is 10.0. The second kappa shape index (κ2) is 10.6. The molecule has 162 valence electrons. The van der Waals surface area contributed by atoms with E-state index in [4.69, 9.17) is 18.9 Å². The maximum absolute atomic E-state index is 13.2. The zero-order valence-electron chi connectivity index (χ0n) is 17.4. The quantitative estimate of drug-likeness (QED) is 0.530. The van der Waals surface area contributed by atoms with Gasteiger partial charge in [0, 0.05) is 39.3 Å². The van der Waals surface area contributed by atoms with E-state index in [1.54, 1.807) is 14.2 Å². The highest BCUT2D eigenvalue weighted by Crippen LogP contribution is 2.41. The maximum Gasteiger partial charge on any atom is 0.253 e. The van der Waals surface area contributed by atoms with Gasteiger partial charge in [0.15, 0.2) is 11.5 Å². The van der Waals surface area contributed by atoms with Crippen LogP contribution in [0, 0.1) is 0 Å². The average molecular weight is 471 g/mol. The van der Waals surface area contributed by atoms with E-state index in [-0.39, 0.29) is 18.0 Å². The molecule has 2 atom stereocenters. The van der Waals surface area contributed by atoms with Crippen molar-refractivity contribution in [1.82, 2.24) is 10.2 Å². The van der Waals surface area contributed by atoms with Crippen molar-refractivity contribution >= 4 is 21.8 Å². The number of benzene rings is 1. The number of amides is 1. The molecule has 1 aliphatic heterocycles. The van der Waals surface area contributed by atoms with Crippen molar-refractivity contribution in [2.45, 2.75) is 44.4 Å². The Bertz CT molecular complexity index is 692. The first-order valence-corrected chi connectivity index (χ1v) is 11.0. The highest BCUT2D eigenvalue weighted by molar-refractivity contribution is 9.10. The van der Waals surface area contributed by atoms with E-state index in [2.05, 4.69) is 28.2 Å². The average Bonchev–Trinajstić information content (AvgIpc) is 3.56. The SMILES string of the molecule is COCCCOc1cc([C@@H](C)N(C(=O)C2CNCCO2)C2CC2)cc(Br)c1OC. The van der Waals surface area contributed by atoms with E-state index in [1.807, 2.05) is 17.0 Å². The van der Waals surface area contributed by atoms with Gasteiger partial charge in [0.25, 0.3) is 5.91 Å². The molecule has 3 rings (SSSR count). The summed E-state index contributed by atoms with van der Waals surface area (Å²) in [6, 6.07) is 4.16. The number of hydrogen-bond acceptors (Lipinski definition) is 6.